The van der Waals surface area contributed by atoms with Gasteiger partial charge in [-0.2, -0.15) is 13.2 Å². The standard InChI is InChI=1S/C9H12F3N3O2/c10-9(11,12)5-14-2-1-6(4-14)15-7(16)3-13-8(15)17/h6H,1-5H2,(H,13,17). The molecule has 3 amide bonds. The summed E-state index contributed by atoms with van der Waals surface area (Å²) in [6, 6.07) is -0.943. The first-order chi connectivity index (χ1) is 7.87. The van der Waals surface area contributed by atoms with Gasteiger partial charge in [0.25, 0.3) is 0 Å². The molecule has 0 aromatic rings. The Morgan fingerprint density at radius 1 is 1.35 bits per heavy atom. The topological polar surface area (TPSA) is 52.7 Å². The molecule has 1 atom stereocenters. The second-order valence-electron chi connectivity index (χ2n) is 4.22. The van der Waals surface area contributed by atoms with Crippen molar-refractivity contribution in [1.82, 2.24) is 15.1 Å². The third-order valence-corrected chi connectivity index (χ3v) is 2.89. The van der Waals surface area contributed by atoms with Crippen LogP contribution in [0.25, 0.3) is 0 Å². The van der Waals surface area contributed by atoms with Crippen LogP contribution in [-0.2, 0) is 4.79 Å². The van der Waals surface area contributed by atoms with Crippen LogP contribution in [0.2, 0.25) is 0 Å². The molecule has 0 aliphatic carbocycles. The minimum absolute atomic E-state index is 0.0609. The molecule has 2 aliphatic heterocycles. The second-order valence-corrected chi connectivity index (χ2v) is 4.22. The van der Waals surface area contributed by atoms with E-state index in [0.29, 0.717) is 6.42 Å². The summed E-state index contributed by atoms with van der Waals surface area (Å²) >= 11 is 0. The quantitative estimate of drug-likeness (QED) is 0.712. The molecule has 96 valence electrons. The van der Waals surface area contributed by atoms with Crippen LogP contribution in [0.1, 0.15) is 6.42 Å². The number of carbonyl (C=O) groups excluding carboxylic acids is 2. The molecule has 1 N–H and O–H groups in total. The molecule has 0 bridgehead atoms. The van der Waals surface area contributed by atoms with Gasteiger partial charge in [-0.3, -0.25) is 14.6 Å². The highest BCUT2D eigenvalue weighted by molar-refractivity contribution is 6.02. The minimum atomic E-state index is -4.24. The van der Waals surface area contributed by atoms with Crippen LogP contribution < -0.4 is 5.32 Å². The van der Waals surface area contributed by atoms with Gasteiger partial charge in [0, 0.05) is 13.1 Å². The molecule has 0 aromatic carbocycles. The Bertz CT molecular complexity index is 329. The van der Waals surface area contributed by atoms with E-state index in [-0.39, 0.29) is 25.5 Å². The van der Waals surface area contributed by atoms with Crippen molar-refractivity contribution in [3.8, 4) is 0 Å². The first-order valence-electron chi connectivity index (χ1n) is 5.26. The van der Waals surface area contributed by atoms with Crippen molar-refractivity contribution in [2.45, 2.75) is 18.6 Å². The molecule has 2 fully saturated rings. The lowest BCUT2D eigenvalue weighted by atomic mass is 10.2. The van der Waals surface area contributed by atoms with Gasteiger partial charge in [-0.25, -0.2) is 4.79 Å². The fourth-order valence-electron chi connectivity index (χ4n) is 2.22. The minimum Gasteiger partial charge on any atom is -0.329 e. The number of carbonyl (C=O) groups is 2. The summed E-state index contributed by atoms with van der Waals surface area (Å²) in [5, 5.41) is 2.36. The highest BCUT2D eigenvalue weighted by Gasteiger charge is 2.41. The molecular formula is C9H12F3N3O2. The fraction of sp³-hybridized carbons (Fsp3) is 0.778. The summed E-state index contributed by atoms with van der Waals surface area (Å²) in [6.45, 7) is -0.707. The first-order valence-corrected chi connectivity index (χ1v) is 5.26. The zero-order valence-corrected chi connectivity index (χ0v) is 8.96. The molecule has 2 saturated heterocycles. The summed E-state index contributed by atoms with van der Waals surface area (Å²) in [7, 11) is 0. The second kappa shape index (κ2) is 4.17. The van der Waals surface area contributed by atoms with Gasteiger partial charge in [0.2, 0.25) is 5.91 Å². The number of urea groups is 1. The van der Waals surface area contributed by atoms with E-state index in [1.165, 1.54) is 4.90 Å². The van der Waals surface area contributed by atoms with Crippen LogP contribution in [0.5, 0.6) is 0 Å². The number of rotatable bonds is 2. The van der Waals surface area contributed by atoms with Gasteiger partial charge >= 0.3 is 12.2 Å². The van der Waals surface area contributed by atoms with E-state index < -0.39 is 24.8 Å². The van der Waals surface area contributed by atoms with Crippen molar-refractivity contribution in [3.63, 3.8) is 0 Å². The number of halogens is 3. The van der Waals surface area contributed by atoms with Crippen LogP contribution in [0.3, 0.4) is 0 Å². The number of nitrogens with zero attached hydrogens (tertiary/aromatic N) is 2. The number of hydrogen-bond acceptors (Lipinski definition) is 3. The molecule has 0 aromatic heterocycles. The Morgan fingerprint density at radius 3 is 2.59 bits per heavy atom. The maximum atomic E-state index is 12.2. The van der Waals surface area contributed by atoms with Crippen molar-refractivity contribution in [2.24, 2.45) is 0 Å². The summed E-state index contributed by atoms with van der Waals surface area (Å²) in [5.41, 5.74) is 0. The third-order valence-electron chi connectivity index (χ3n) is 2.89. The van der Waals surface area contributed by atoms with Gasteiger partial charge in [0.05, 0.1) is 19.1 Å². The normalized spacial score (nSPS) is 26.8. The molecule has 2 rings (SSSR count). The van der Waals surface area contributed by atoms with Gasteiger partial charge in [-0.15, -0.1) is 0 Å². The number of alkyl halides is 3. The molecule has 2 aliphatic rings. The first kappa shape index (κ1) is 12.2. The molecule has 2 heterocycles. The summed E-state index contributed by atoms with van der Waals surface area (Å²) in [6.07, 6.45) is -3.85. The monoisotopic (exact) mass is 251 g/mol. The van der Waals surface area contributed by atoms with Crippen molar-refractivity contribution >= 4 is 11.9 Å². The van der Waals surface area contributed by atoms with E-state index >= 15 is 0 Å². The highest BCUT2D eigenvalue weighted by Crippen LogP contribution is 2.23. The Balaban J connectivity index is 1.94. The van der Waals surface area contributed by atoms with Gasteiger partial charge in [-0.1, -0.05) is 0 Å². The van der Waals surface area contributed by atoms with Crippen molar-refractivity contribution in [3.05, 3.63) is 0 Å². The Hall–Kier alpha value is -1.31. The number of nitrogens with one attached hydrogen (secondary N) is 1. The summed E-state index contributed by atoms with van der Waals surface area (Å²) in [4.78, 5) is 24.9. The Morgan fingerprint density at radius 2 is 2.06 bits per heavy atom. The van der Waals surface area contributed by atoms with Crippen LogP contribution >= 0.6 is 0 Å². The SMILES string of the molecule is O=C1CNC(=O)N1C1CCN(CC(F)(F)F)C1. The van der Waals surface area contributed by atoms with Crippen LogP contribution in [0.15, 0.2) is 0 Å². The lowest BCUT2D eigenvalue weighted by Crippen LogP contribution is -2.43. The number of amides is 3. The van der Waals surface area contributed by atoms with Crippen molar-refractivity contribution in [2.75, 3.05) is 26.2 Å². The predicted molar refractivity (Wildman–Crippen MR) is 51.1 cm³/mol. The van der Waals surface area contributed by atoms with Crippen molar-refractivity contribution < 1.29 is 22.8 Å². The van der Waals surface area contributed by atoms with E-state index in [2.05, 4.69) is 5.32 Å². The molecule has 8 heteroatoms. The maximum Gasteiger partial charge on any atom is 0.401 e. The largest absolute Gasteiger partial charge is 0.401 e. The van der Waals surface area contributed by atoms with Crippen LogP contribution in [0.4, 0.5) is 18.0 Å². The summed E-state index contributed by atoms with van der Waals surface area (Å²) < 4.78 is 36.5. The van der Waals surface area contributed by atoms with E-state index in [9.17, 15) is 22.8 Å². The average Bonchev–Trinajstić information content (AvgIpc) is 2.71. The molecule has 1 unspecified atom stereocenters. The van der Waals surface area contributed by atoms with E-state index in [1.54, 1.807) is 0 Å². The van der Waals surface area contributed by atoms with Crippen molar-refractivity contribution in [1.29, 1.82) is 0 Å². The van der Waals surface area contributed by atoms with Gasteiger partial charge in [0.15, 0.2) is 0 Å². The van der Waals surface area contributed by atoms with Gasteiger partial charge in [0.1, 0.15) is 0 Å². The number of hydrogen-bond donors (Lipinski definition) is 1. The molecule has 5 nitrogen and oxygen atoms in total. The van der Waals surface area contributed by atoms with Gasteiger partial charge < -0.3 is 5.32 Å². The molecule has 0 radical (unpaired) electrons. The fourth-order valence-corrected chi connectivity index (χ4v) is 2.22. The van der Waals surface area contributed by atoms with Crippen LogP contribution in [-0.4, -0.2) is 60.1 Å². The van der Waals surface area contributed by atoms with Gasteiger partial charge in [-0.05, 0) is 6.42 Å². The molecular weight excluding hydrogens is 239 g/mol. The lowest BCUT2D eigenvalue weighted by Gasteiger charge is -2.22. The molecule has 0 spiro atoms. The molecule has 17 heavy (non-hydrogen) atoms. The third kappa shape index (κ3) is 2.68. The van der Waals surface area contributed by atoms with E-state index in [1.807, 2.05) is 0 Å². The Kier molecular flexibility index (Phi) is 2.98. The van der Waals surface area contributed by atoms with E-state index in [4.69, 9.17) is 0 Å². The zero-order chi connectivity index (χ0) is 12.6. The lowest BCUT2D eigenvalue weighted by molar-refractivity contribution is -0.143. The predicted octanol–water partition coefficient (Wildman–Crippen LogP) is 0.175. The zero-order valence-electron chi connectivity index (χ0n) is 8.96. The number of likely N-dealkylation sites (tertiary alicyclic amines) is 1. The maximum absolute atomic E-state index is 12.2. The highest BCUT2D eigenvalue weighted by atomic mass is 19.4. The summed E-state index contributed by atoms with van der Waals surface area (Å²) in [5.74, 6) is -0.367. The number of imide groups is 1. The van der Waals surface area contributed by atoms with Crippen LogP contribution in [0, 0.1) is 0 Å². The van der Waals surface area contributed by atoms with E-state index in [0.717, 1.165) is 4.90 Å². The smallest absolute Gasteiger partial charge is 0.329 e. The molecule has 0 saturated carbocycles. The Labute approximate surface area is 95.5 Å². The average molecular weight is 251 g/mol.